The van der Waals surface area contributed by atoms with Crippen LogP contribution in [0.4, 0.5) is 5.82 Å². The van der Waals surface area contributed by atoms with Crippen LogP contribution in [0.2, 0.25) is 0 Å². The highest BCUT2D eigenvalue weighted by molar-refractivity contribution is 6.18. The fraction of sp³-hybridized carbons (Fsp3) is 0.636. The Morgan fingerprint density at radius 1 is 1.53 bits per heavy atom. The quantitative estimate of drug-likeness (QED) is 0.723. The molecule has 1 saturated heterocycles. The largest absolute Gasteiger partial charge is 0.355 e. The summed E-state index contributed by atoms with van der Waals surface area (Å²) in [5.74, 6) is 2.34. The Hall–Kier alpha value is -0.830. The third kappa shape index (κ3) is 2.59. The number of hydrogen-bond donors (Lipinski definition) is 0. The van der Waals surface area contributed by atoms with Crippen molar-refractivity contribution in [3.63, 3.8) is 0 Å². The number of rotatable bonds is 2. The van der Waals surface area contributed by atoms with Crippen LogP contribution in [0.15, 0.2) is 12.4 Å². The molecular weight excluding hydrogens is 210 g/mol. The first-order valence-corrected chi connectivity index (χ1v) is 5.92. The maximum atomic E-state index is 5.90. The Morgan fingerprint density at radius 3 is 3.13 bits per heavy atom. The van der Waals surface area contributed by atoms with Gasteiger partial charge in [0.05, 0.1) is 11.9 Å². The molecule has 15 heavy (non-hydrogen) atoms. The summed E-state index contributed by atoms with van der Waals surface area (Å²) in [5.41, 5.74) is 0.973. The molecule has 1 aliphatic heterocycles. The minimum atomic E-state index is 0.600. The van der Waals surface area contributed by atoms with Crippen molar-refractivity contribution >= 4 is 17.4 Å². The van der Waals surface area contributed by atoms with Crippen LogP contribution in [0.5, 0.6) is 0 Å². The Balaban J connectivity index is 2.09. The first kappa shape index (κ1) is 10.7. The second kappa shape index (κ2) is 4.79. The molecule has 0 amide bonds. The van der Waals surface area contributed by atoms with E-state index in [9.17, 15) is 0 Å². The number of aryl methyl sites for hydroxylation is 1. The van der Waals surface area contributed by atoms with Crippen LogP contribution in [0.25, 0.3) is 0 Å². The van der Waals surface area contributed by atoms with Gasteiger partial charge in [-0.15, -0.1) is 11.6 Å². The van der Waals surface area contributed by atoms with Crippen LogP contribution < -0.4 is 4.90 Å². The van der Waals surface area contributed by atoms with Crippen molar-refractivity contribution in [3.05, 3.63) is 18.1 Å². The first-order valence-electron chi connectivity index (χ1n) is 5.39. The third-order valence-electron chi connectivity index (χ3n) is 2.80. The third-order valence-corrected chi connectivity index (χ3v) is 3.24. The zero-order chi connectivity index (χ0) is 10.7. The number of nitrogens with zero attached hydrogens (tertiary/aromatic N) is 3. The van der Waals surface area contributed by atoms with E-state index in [1.807, 2.05) is 13.1 Å². The summed E-state index contributed by atoms with van der Waals surface area (Å²) in [5, 5.41) is 0. The average molecular weight is 226 g/mol. The predicted octanol–water partition coefficient (Wildman–Crippen LogP) is 2.24. The van der Waals surface area contributed by atoms with Gasteiger partial charge < -0.3 is 4.90 Å². The molecule has 2 rings (SSSR count). The van der Waals surface area contributed by atoms with Gasteiger partial charge in [-0.2, -0.15) is 0 Å². The number of aromatic nitrogens is 2. The van der Waals surface area contributed by atoms with E-state index in [0.29, 0.717) is 5.92 Å². The number of hydrogen-bond acceptors (Lipinski definition) is 3. The van der Waals surface area contributed by atoms with Gasteiger partial charge in [-0.3, -0.25) is 4.98 Å². The molecule has 4 heteroatoms. The number of halogens is 1. The van der Waals surface area contributed by atoms with E-state index >= 15 is 0 Å². The van der Waals surface area contributed by atoms with Gasteiger partial charge in [-0.05, 0) is 25.7 Å². The van der Waals surface area contributed by atoms with Crippen molar-refractivity contribution in [3.8, 4) is 0 Å². The predicted molar refractivity (Wildman–Crippen MR) is 62.4 cm³/mol. The lowest BCUT2D eigenvalue weighted by Crippen LogP contribution is -2.36. The Labute approximate surface area is 95.5 Å². The molecule has 1 aromatic heterocycles. The monoisotopic (exact) mass is 225 g/mol. The molecule has 1 fully saturated rings. The maximum Gasteiger partial charge on any atom is 0.147 e. The molecule has 0 N–H and O–H groups in total. The van der Waals surface area contributed by atoms with Gasteiger partial charge in [0.25, 0.3) is 0 Å². The molecule has 1 aromatic rings. The van der Waals surface area contributed by atoms with Crippen LogP contribution in [-0.2, 0) is 0 Å². The highest BCUT2D eigenvalue weighted by atomic mass is 35.5. The van der Waals surface area contributed by atoms with Crippen LogP contribution in [0.1, 0.15) is 18.5 Å². The van der Waals surface area contributed by atoms with E-state index in [4.69, 9.17) is 11.6 Å². The van der Waals surface area contributed by atoms with Gasteiger partial charge in [0.1, 0.15) is 5.82 Å². The van der Waals surface area contributed by atoms with E-state index in [-0.39, 0.29) is 0 Å². The number of piperidine rings is 1. The van der Waals surface area contributed by atoms with Gasteiger partial charge in [0.2, 0.25) is 0 Å². The standard InChI is InChI=1S/C11H16ClN3/c1-9-6-13-7-11(14-9)15-4-2-3-10(5-12)8-15/h6-7,10H,2-5,8H2,1H3. The summed E-state index contributed by atoms with van der Waals surface area (Å²) in [6, 6.07) is 0. The van der Waals surface area contributed by atoms with Crippen molar-refractivity contribution in [2.75, 3.05) is 23.9 Å². The number of anilines is 1. The highest BCUT2D eigenvalue weighted by Gasteiger charge is 2.20. The average Bonchev–Trinajstić information content (AvgIpc) is 2.29. The summed E-state index contributed by atoms with van der Waals surface area (Å²) in [6.07, 6.45) is 6.06. The van der Waals surface area contributed by atoms with Gasteiger partial charge in [0.15, 0.2) is 0 Å². The Kier molecular flexibility index (Phi) is 3.41. The van der Waals surface area contributed by atoms with E-state index in [1.165, 1.54) is 12.8 Å². The normalized spacial score (nSPS) is 21.7. The SMILES string of the molecule is Cc1cncc(N2CCCC(CCl)C2)n1. The van der Waals surface area contributed by atoms with Crippen LogP contribution in [0.3, 0.4) is 0 Å². The summed E-state index contributed by atoms with van der Waals surface area (Å²) in [7, 11) is 0. The second-order valence-corrected chi connectivity index (χ2v) is 4.44. The molecule has 82 valence electrons. The molecule has 2 heterocycles. The van der Waals surface area contributed by atoms with Gasteiger partial charge >= 0.3 is 0 Å². The molecular formula is C11H16ClN3. The van der Waals surface area contributed by atoms with Crippen molar-refractivity contribution in [1.29, 1.82) is 0 Å². The zero-order valence-electron chi connectivity index (χ0n) is 8.99. The fourth-order valence-corrected chi connectivity index (χ4v) is 2.25. The lowest BCUT2D eigenvalue weighted by molar-refractivity contribution is 0.448. The molecule has 0 saturated carbocycles. The fourth-order valence-electron chi connectivity index (χ4n) is 2.00. The van der Waals surface area contributed by atoms with E-state index in [2.05, 4.69) is 14.9 Å². The summed E-state index contributed by atoms with van der Waals surface area (Å²) in [6.45, 7) is 4.06. The highest BCUT2D eigenvalue weighted by Crippen LogP contribution is 2.21. The molecule has 0 aliphatic carbocycles. The van der Waals surface area contributed by atoms with Crippen molar-refractivity contribution in [2.45, 2.75) is 19.8 Å². The van der Waals surface area contributed by atoms with Crippen LogP contribution in [-0.4, -0.2) is 28.9 Å². The molecule has 3 nitrogen and oxygen atoms in total. The van der Waals surface area contributed by atoms with E-state index in [0.717, 1.165) is 30.5 Å². The van der Waals surface area contributed by atoms with Crippen molar-refractivity contribution < 1.29 is 0 Å². The lowest BCUT2D eigenvalue weighted by Gasteiger charge is -2.32. The lowest BCUT2D eigenvalue weighted by atomic mass is 10.0. The number of alkyl halides is 1. The molecule has 1 atom stereocenters. The van der Waals surface area contributed by atoms with E-state index in [1.54, 1.807) is 6.20 Å². The van der Waals surface area contributed by atoms with Crippen molar-refractivity contribution in [1.82, 2.24) is 9.97 Å². The molecule has 0 aromatic carbocycles. The van der Waals surface area contributed by atoms with Crippen LogP contribution >= 0.6 is 11.6 Å². The summed E-state index contributed by atoms with van der Waals surface area (Å²) < 4.78 is 0. The van der Waals surface area contributed by atoms with Gasteiger partial charge in [0, 0.05) is 25.2 Å². The first-order chi connectivity index (χ1) is 7.29. The Bertz CT molecular complexity index is 329. The molecule has 0 radical (unpaired) electrons. The molecule has 1 aliphatic rings. The summed E-state index contributed by atoms with van der Waals surface area (Å²) in [4.78, 5) is 10.9. The van der Waals surface area contributed by atoms with Crippen molar-refractivity contribution in [2.24, 2.45) is 5.92 Å². The minimum Gasteiger partial charge on any atom is -0.355 e. The van der Waals surface area contributed by atoms with Gasteiger partial charge in [-0.1, -0.05) is 0 Å². The topological polar surface area (TPSA) is 29.0 Å². The zero-order valence-corrected chi connectivity index (χ0v) is 9.74. The molecule has 1 unspecified atom stereocenters. The second-order valence-electron chi connectivity index (χ2n) is 4.13. The van der Waals surface area contributed by atoms with Crippen LogP contribution in [0, 0.1) is 12.8 Å². The smallest absolute Gasteiger partial charge is 0.147 e. The minimum absolute atomic E-state index is 0.600. The summed E-state index contributed by atoms with van der Waals surface area (Å²) >= 11 is 5.90. The van der Waals surface area contributed by atoms with E-state index < -0.39 is 0 Å². The maximum absolute atomic E-state index is 5.90. The molecule has 0 bridgehead atoms. The Morgan fingerprint density at radius 2 is 2.40 bits per heavy atom. The molecule has 0 spiro atoms. The van der Waals surface area contributed by atoms with Gasteiger partial charge in [-0.25, -0.2) is 4.98 Å².